The first-order chi connectivity index (χ1) is 15.3. The first kappa shape index (κ1) is 21.6. The number of amides is 1. The first-order valence-electron chi connectivity index (χ1n) is 9.89. The summed E-state index contributed by atoms with van der Waals surface area (Å²) in [6.07, 6.45) is -2.26. The summed E-state index contributed by atoms with van der Waals surface area (Å²) in [4.78, 5) is 24.8. The predicted molar refractivity (Wildman–Crippen MR) is 114 cm³/mol. The van der Waals surface area contributed by atoms with Gasteiger partial charge in [0, 0.05) is 13.6 Å². The fraction of sp³-hybridized carbons (Fsp3) is 0.444. The minimum atomic E-state index is -1.42. The molecule has 0 aliphatic carbocycles. The topological polar surface area (TPSA) is 191 Å². The molecular formula is C18H24N10O4. The van der Waals surface area contributed by atoms with E-state index in [0.717, 1.165) is 11.4 Å². The summed E-state index contributed by atoms with van der Waals surface area (Å²) in [5, 5.41) is 31.7. The molecule has 1 saturated heterocycles. The lowest BCUT2D eigenvalue weighted by Crippen LogP contribution is -2.42. The van der Waals surface area contributed by atoms with Crippen molar-refractivity contribution >= 4 is 35.1 Å². The molecule has 1 aliphatic heterocycles. The molecule has 4 heterocycles. The molecule has 32 heavy (non-hydrogen) atoms. The van der Waals surface area contributed by atoms with Crippen molar-refractivity contribution in [2.45, 2.75) is 38.4 Å². The Morgan fingerprint density at radius 1 is 1.38 bits per heavy atom. The lowest BCUT2D eigenvalue weighted by Gasteiger charge is -2.16. The number of anilines is 2. The van der Waals surface area contributed by atoms with Crippen LogP contribution < -0.4 is 16.5 Å². The van der Waals surface area contributed by atoms with Gasteiger partial charge in [0.15, 0.2) is 23.8 Å². The summed E-state index contributed by atoms with van der Waals surface area (Å²) in [6, 6.07) is 1.86. The van der Waals surface area contributed by atoms with Crippen LogP contribution in [0.3, 0.4) is 0 Å². The number of aliphatic hydroxyl groups excluding tert-OH is 2. The Labute approximate surface area is 182 Å². The van der Waals surface area contributed by atoms with Gasteiger partial charge < -0.3 is 26.0 Å². The van der Waals surface area contributed by atoms with E-state index in [9.17, 15) is 15.0 Å². The average Bonchev–Trinajstić information content (AvgIpc) is 3.39. The molecule has 14 heteroatoms. The number of carbonyl (C=O) groups is 1. The van der Waals surface area contributed by atoms with Crippen LogP contribution in [0.15, 0.2) is 17.5 Å². The molecule has 1 aliphatic rings. The van der Waals surface area contributed by atoms with E-state index in [2.05, 4.69) is 35.9 Å². The number of ether oxygens (including phenoxy) is 1. The number of likely N-dealkylation sites (N-methyl/N-ethyl adjacent to an activating group) is 1. The highest BCUT2D eigenvalue weighted by molar-refractivity contribution is 5.84. The molecule has 4 rings (SSSR count). The molecule has 0 bridgehead atoms. The number of imidazole rings is 1. The predicted octanol–water partition coefficient (Wildman–Crippen LogP) is -1.35. The summed E-state index contributed by atoms with van der Waals surface area (Å²) < 4.78 is 8.70. The molecular weight excluding hydrogens is 420 g/mol. The van der Waals surface area contributed by atoms with Gasteiger partial charge in [-0.1, -0.05) is 0 Å². The zero-order valence-corrected chi connectivity index (χ0v) is 17.7. The van der Waals surface area contributed by atoms with E-state index in [4.69, 9.17) is 10.5 Å². The van der Waals surface area contributed by atoms with Gasteiger partial charge in [0.2, 0.25) is 5.95 Å². The van der Waals surface area contributed by atoms with Crippen LogP contribution in [-0.4, -0.2) is 76.5 Å². The van der Waals surface area contributed by atoms with Gasteiger partial charge in [-0.2, -0.15) is 20.2 Å². The van der Waals surface area contributed by atoms with Gasteiger partial charge in [0.25, 0.3) is 5.91 Å². The third-order valence-electron chi connectivity index (χ3n) is 4.97. The van der Waals surface area contributed by atoms with E-state index in [1.165, 1.54) is 10.9 Å². The minimum absolute atomic E-state index is 0.0798. The maximum atomic E-state index is 12.1. The molecule has 14 nitrogen and oxygen atoms in total. The molecule has 0 spiro atoms. The van der Waals surface area contributed by atoms with Crippen LogP contribution in [0.1, 0.15) is 24.5 Å². The highest BCUT2D eigenvalue weighted by Gasteiger charge is 2.47. The van der Waals surface area contributed by atoms with Crippen LogP contribution in [0.5, 0.6) is 0 Å². The average molecular weight is 444 g/mol. The van der Waals surface area contributed by atoms with Crippen molar-refractivity contribution in [1.82, 2.24) is 34.6 Å². The van der Waals surface area contributed by atoms with Crippen molar-refractivity contribution in [3.8, 4) is 0 Å². The van der Waals surface area contributed by atoms with Gasteiger partial charge in [-0.05, 0) is 19.9 Å². The molecule has 0 unspecified atom stereocenters. The molecule has 0 aromatic carbocycles. The van der Waals surface area contributed by atoms with Gasteiger partial charge in [-0.3, -0.25) is 14.0 Å². The second-order valence-corrected chi connectivity index (χ2v) is 7.28. The van der Waals surface area contributed by atoms with Crippen molar-refractivity contribution in [3.05, 3.63) is 23.8 Å². The van der Waals surface area contributed by atoms with Crippen LogP contribution >= 0.6 is 0 Å². The Morgan fingerprint density at radius 2 is 2.16 bits per heavy atom. The van der Waals surface area contributed by atoms with Gasteiger partial charge >= 0.3 is 0 Å². The Balaban J connectivity index is 1.60. The van der Waals surface area contributed by atoms with Crippen LogP contribution in [0.4, 0.5) is 11.8 Å². The van der Waals surface area contributed by atoms with Crippen LogP contribution in [0.2, 0.25) is 0 Å². The fourth-order valence-electron chi connectivity index (χ4n) is 3.46. The maximum Gasteiger partial charge on any atom is 0.252 e. The lowest BCUT2D eigenvalue weighted by atomic mass is 10.1. The minimum Gasteiger partial charge on any atom is -0.387 e. The van der Waals surface area contributed by atoms with Gasteiger partial charge in [-0.25, -0.2) is 10.4 Å². The Bertz CT molecular complexity index is 1170. The second kappa shape index (κ2) is 8.49. The SMILES string of the molecule is CCNC(=O)[C@H]1O[C@@H](n2cnc3c(N)nc(N/N=C/c4cc(C)nn4C)nc32)[C@H](O)[C@@H]1O. The Kier molecular flexibility index (Phi) is 5.73. The van der Waals surface area contributed by atoms with Crippen molar-refractivity contribution in [1.29, 1.82) is 0 Å². The molecule has 4 atom stereocenters. The number of nitrogens with two attached hydrogens (primary N) is 1. The van der Waals surface area contributed by atoms with Crippen molar-refractivity contribution in [2.24, 2.45) is 12.1 Å². The number of aryl methyl sites for hydroxylation is 2. The van der Waals surface area contributed by atoms with Gasteiger partial charge in [0.1, 0.15) is 17.7 Å². The molecule has 1 amide bonds. The zero-order valence-electron chi connectivity index (χ0n) is 17.7. The smallest absolute Gasteiger partial charge is 0.252 e. The number of fused-ring (bicyclic) bond motifs is 1. The number of hydrogen-bond donors (Lipinski definition) is 5. The maximum absolute atomic E-state index is 12.1. The van der Waals surface area contributed by atoms with E-state index in [-0.39, 0.29) is 22.9 Å². The summed E-state index contributed by atoms with van der Waals surface area (Å²) in [5.41, 5.74) is 10.8. The zero-order chi connectivity index (χ0) is 23.0. The number of aromatic nitrogens is 6. The molecule has 3 aromatic rings. The van der Waals surface area contributed by atoms with E-state index in [0.29, 0.717) is 6.54 Å². The summed E-state index contributed by atoms with van der Waals surface area (Å²) in [7, 11) is 1.79. The number of nitrogens with zero attached hydrogens (tertiary/aromatic N) is 7. The number of hydrogen-bond acceptors (Lipinski definition) is 11. The van der Waals surface area contributed by atoms with Crippen molar-refractivity contribution in [2.75, 3.05) is 17.7 Å². The highest BCUT2D eigenvalue weighted by atomic mass is 16.6. The number of aliphatic hydroxyl groups is 2. The fourth-order valence-corrected chi connectivity index (χ4v) is 3.46. The molecule has 0 saturated carbocycles. The monoisotopic (exact) mass is 444 g/mol. The first-order valence-corrected chi connectivity index (χ1v) is 9.89. The molecule has 6 N–H and O–H groups in total. The standard InChI is InChI=1S/C18H24N10O4/c1-4-20-16(31)13-11(29)12(30)17(32-13)28-7-21-10-14(19)23-18(24-15(10)28)25-22-6-9-5-8(2)26-27(9)3/h5-7,11-13,17,29-30H,4H2,1-3H3,(H,20,31)(H3,19,23,24,25)/b22-6+/t11-,12+,13-,17+/m0/s1. The highest BCUT2D eigenvalue weighted by Crippen LogP contribution is 2.32. The van der Waals surface area contributed by atoms with Crippen LogP contribution in [0, 0.1) is 6.92 Å². The number of nitrogen functional groups attached to an aromatic ring is 1. The number of hydrazone groups is 1. The van der Waals surface area contributed by atoms with E-state index >= 15 is 0 Å². The normalized spacial score (nSPS) is 23.3. The lowest BCUT2D eigenvalue weighted by molar-refractivity contribution is -0.137. The number of nitrogens with one attached hydrogen (secondary N) is 2. The van der Waals surface area contributed by atoms with Crippen molar-refractivity contribution < 1.29 is 19.7 Å². The summed E-state index contributed by atoms with van der Waals surface area (Å²) in [6.45, 7) is 3.97. The molecule has 0 radical (unpaired) electrons. The third kappa shape index (κ3) is 3.86. The molecule has 1 fully saturated rings. The van der Waals surface area contributed by atoms with E-state index in [1.807, 2.05) is 13.0 Å². The van der Waals surface area contributed by atoms with E-state index < -0.39 is 30.4 Å². The van der Waals surface area contributed by atoms with E-state index in [1.54, 1.807) is 24.9 Å². The van der Waals surface area contributed by atoms with Gasteiger partial charge in [0.05, 0.1) is 23.9 Å². The largest absolute Gasteiger partial charge is 0.387 e. The third-order valence-corrected chi connectivity index (χ3v) is 4.97. The Hall–Kier alpha value is -3.62. The van der Waals surface area contributed by atoms with Crippen LogP contribution in [-0.2, 0) is 16.6 Å². The summed E-state index contributed by atoms with van der Waals surface area (Å²) in [5.74, 6) is -0.362. The summed E-state index contributed by atoms with van der Waals surface area (Å²) >= 11 is 0. The van der Waals surface area contributed by atoms with Gasteiger partial charge in [-0.15, -0.1) is 0 Å². The Morgan fingerprint density at radius 3 is 2.84 bits per heavy atom. The van der Waals surface area contributed by atoms with Crippen molar-refractivity contribution in [3.63, 3.8) is 0 Å². The molecule has 3 aromatic heterocycles. The number of carbonyl (C=O) groups excluding carboxylic acids is 1. The second-order valence-electron chi connectivity index (χ2n) is 7.28. The van der Waals surface area contributed by atoms with Crippen LogP contribution in [0.25, 0.3) is 11.2 Å². The number of rotatable bonds is 6. The quantitative estimate of drug-likeness (QED) is 0.224. The molecule has 170 valence electrons.